The van der Waals surface area contributed by atoms with E-state index >= 15 is 0 Å². The zero-order chi connectivity index (χ0) is 17.1. The van der Waals surface area contributed by atoms with Gasteiger partial charge in [0.25, 0.3) is 5.91 Å². The van der Waals surface area contributed by atoms with Gasteiger partial charge >= 0.3 is 0 Å². The summed E-state index contributed by atoms with van der Waals surface area (Å²) in [6, 6.07) is 4.36. The van der Waals surface area contributed by atoms with Crippen LogP contribution in [0.2, 0.25) is 0 Å². The molecular weight excluding hydrogens is 307 g/mol. The second-order valence-electron chi connectivity index (χ2n) is 6.40. The largest absolute Gasteiger partial charge is 0.337 e. The molecule has 24 heavy (non-hydrogen) atoms. The van der Waals surface area contributed by atoms with Crippen LogP contribution in [-0.4, -0.2) is 51.7 Å². The molecule has 1 amide bonds. The van der Waals surface area contributed by atoms with Crippen LogP contribution in [0.1, 0.15) is 27.9 Å². The van der Waals surface area contributed by atoms with Gasteiger partial charge in [-0.25, -0.2) is 4.39 Å². The number of carbonyl (C=O) groups excluding carboxylic acids is 1. The number of hydrogen-bond donors (Lipinski definition) is 0. The summed E-state index contributed by atoms with van der Waals surface area (Å²) in [5.41, 5.74) is 2.47. The topological polar surface area (TPSA) is 41.4 Å². The molecule has 1 aliphatic rings. The van der Waals surface area contributed by atoms with Crippen LogP contribution in [0.5, 0.6) is 0 Å². The normalized spacial score (nSPS) is 16.2. The number of amides is 1. The smallest absolute Gasteiger partial charge is 0.254 e. The fraction of sp³-hybridized carbons (Fsp3) is 0.444. The molecule has 1 saturated heterocycles. The molecule has 5 nitrogen and oxygen atoms in total. The van der Waals surface area contributed by atoms with Gasteiger partial charge in [0.05, 0.1) is 6.20 Å². The standard InChI is InChI=1S/C18H23FN4O/c1-14-10-16(19)4-5-17(14)18(24)23-7-3-6-22(8-9-23)13-15-11-20-21(2)12-15/h4-5,10-12H,3,6-9,13H2,1-2H3. The van der Waals surface area contributed by atoms with Crippen molar-refractivity contribution < 1.29 is 9.18 Å². The van der Waals surface area contributed by atoms with Gasteiger partial charge in [-0.15, -0.1) is 0 Å². The quantitative estimate of drug-likeness (QED) is 0.866. The summed E-state index contributed by atoms with van der Waals surface area (Å²) < 4.78 is 15.0. The first-order valence-electron chi connectivity index (χ1n) is 8.28. The SMILES string of the molecule is Cc1cc(F)ccc1C(=O)N1CCCN(Cc2cnn(C)c2)CC1. The van der Waals surface area contributed by atoms with Crippen molar-refractivity contribution in [3.63, 3.8) is 0 Å². The van der Waals surface area contributed by atoms with Crippen LogP contribution in [0.4, 0.5) is 4.39 Å². The summed E-state index contributed by atoms with van der Waals surface area (Å²) in [5, 5.41) is 4.20. The summed E-state index contributed by atoms with van der Waals surface area (Å²) in [6.07, 6.45) is 4.84. The lowest BCUT2D eigenvalue weighted by Crippen LogP contribution is -2.35. The van der Waals surface area contributed by atoms with Crippen LogP contribution in [-0.2, 0) is 13.6 Å². The third-order valence-electron chi connectivity index (χ3n) is 4.46. The Morgan fingerprint density at radius 1 is 1.25 bits per heavy atom. The summed E-state index contributed by atoms with van der Waals surface area (Å²) in [6.45, 7) is 5.85. The highest BCUT2D eigenvalue weighted by atomic mass is 19.1. The van der Waals surface area contributed by atoms with Crippen LogP contribution < -0.4 is 0 Å². The number of benzene rings is 1. The highest BCUT2D eigenvalue weighted by Crippen LogP contribution is 2.15. The predicted molar refractivity (Wildman–Crippen MR) is 90.1 cm³/mol. The summed E-state index contributed by atoms with van der Waals surface area (Å²) >= 11 is 0. The molecule has 0 radical (unpaired) electrons. The van der Waals surface area contributed by atoms with E-state index in [4.69, 9.17) is 0 Å². The van der Waals surface area contributed by atoms with Crippen molar-refractivity contribution in [1.82, 2.24) is 19.6 Å². The molecule has 1 fully saturated rings. The zero-order valence-corrected chi connectivity index (χ0v) is 14.2. The zero-order valence-electron chi connectivity index (χ0n) is 14.2. The molecule has 0 atom stereocenters. The fourth-order valence-electron chi connectivity index (χ4n) is 3.18. The molecule has 0 unspecified atom stereocenters. The van der Waals surface area contributed by atoms with E-state index in [0.717, 1.165) is 32.6 Å². The molecule has 128 valence electrons. The first kappa shape index (κ1) is 16.6. The van der Waals surface area contributed by atoms with Crippen molar-refractivity contribution in [2.75, 3.05) is 26.2 Å². The molecule has 2 aromatic rings. The second-order valence-corrected chi connectivity index (χ2v) is 6.40. The van der Waals surface area contributed by atoms with Crippen LogP contribution in [0.3, 0.4) is 0 Å². The molecule has 0 spiro atoms. The molecule has 0 aliphatic carbocycles. The number of aryl methyl sites for hydroxylation is 2. The first-order valence-corrected chi connectivity index (χ1v) is 8.28. The number of nitrogens with zero attached hydrogens (tertiary/aromatic N) is 4. The number of aromatic nitrogens is 2. The Morgan fingerprint density at radius 2 is 2.08 bits per heavy atom. The molecule has 0 saturated carbocycles. The number of hydrogen-bond acceptors (Lipinski definition) is 3. The van der Waals surface area contributed by atoms with E-state index < -0.39 is 0 Å². The van der Waals surface area contributed by atoms with Crippen molar-refractivity contribution in [2.45, 2.75) is 19.9 Å². The Kier molecular flexibility index (Phi) is 4.94. The number of carbonyl (C=O) groups is 1. The Bertz CT molecular complexity index is 728. The maximum absolute atomic E-state index is 13.2. The van der Waals surface area contributed by atoms with Gasteiger partial charge < -0.3 is 4.90 Å². The Labute approximate surface area is 141 Å². The van der Waals surface area contributed by atoms with E-state index in [-0.39, 0.29) is 11.7 Å². The van der Waals surface area contributed by atoms with Crippen molar-refractivity contribution in [3.8, 4) is 0 Å². The maximum atomic E-state index is 13.2. The summed E-state index contributed by atoms with van der Waals surface area (Å²) in [5.74, 6) is -0.307. The lowest BCUT2D eigenvalue weighted by Gasteiger charge is -2.22. The number of rotatable bonds is 3. The van der Waals surface area contributed by atoms with E-state index in [1.54, 1.807) is 17.7 Å². The van der Waals surface area contributed by atoms with Crippen molar-refractivity contribution in [3.05, 3.63) is 53.1 Å². The Hall–Kier alpha value is -2.21. The van der Waals surface area contributed by atoms with Gasteiger partial charge in [-0.05, 0) is 37.1 Å². The number of halogens is 1. The van der Waals surface area contributed by atoms with Gasteiger partial charge in [0.15, 0.2) is 0 Å². The Morgan fingerprint density at radius 3 is 2.79 bits per heavy atom. The molecule has 3 rings (SSSR count). The van der Waals surface area contributed by atoms with Crippen LogP contribution >= 0.6 is 0 Å². The molecule has 1 aliphatic heterocycles. The third kappa shape index (κ3) is 3.82. The second kappa shape index (κ2) is 7.13. The lowest BCUT2D eigenvalue weighted by atomic mass is 10.1. The lowest BCUT2D eigenvalue weighted by molar-refractivity contribution is 0.0760. The molecular formula is C18H23FN4O. The van der Waals surface area contributed by atoms with Crippen LogP contribution in [0, 0.1) is 12.7 Å². The third-order valence-corrected chi connectivity index (χ3v) is 4.46. The minimum atomic E-state index is -0.303. The van der Waals surface area contributed by atoms with Crippen molar-refractivity contribution in [2.24, 2.45) is 7.05 Å². The summed E-state index contributed by atoms with van der Waals surface area (Å²) in [7, 11) is 1.91. The van der Waals surface area contributed by atoms with Gasteiger partial charge in [-0.2, -0.15) is 5.10 Å². The molecule has 0 N–H and O–H groups in total. The highest BCUT2D eigenvalue weighted by molar-refractivity contribution is 5.95. The molecule has 0 bridgehead atoms. The van der Waals surface area contributed by atoms with Crippen LogP contribution in [0.15, 0.2) is 30.6 Å². The molecule has 2 heterocycles. The van der Waals surface area contributed by atoms with Crippen molar-refractivity contribution in [1.29, 1.82) is 0 Å². The van der Waals surface area contributed by atoms with Crippen LogP contribution in [0.25, 0.3) is 0 Å². The average molecular weight is 330 g/mol. The van der Waals surface area contributed by atoms with E-state index in [0.29, 0.717) is 17.7 Å². The maximum Gasteiger partial charge on any atom is 0.254 e. The first-order chi connectivity index (χ1) is 11.5. The average Bonchev–Trinajstić information content (AvgIpc) is 2.80. The predicted octanol–water partition coefficient (Wildman–Crippen LogP) is 2.22. The van der Waals surface area contributed by atoms with Gasteiger partial charge in [-0.1, -0.05) is 0 Å². The van der Waals surface area contributed by atoms with Gasteiger partial charge in [0.1, 0.15) is 5.82 Å². The minimum Gasteiger partial charge on any atom is -0.337 e. The minimum absolute atomic E-state index is 0.00396. The molecule has 1 aromatic heterocycles. The van der Waals surface area contributed by atoms with Gasteiger partial charge in [0, 0.05) is 57.1 Å². The van der Waals surface area contributed by atoms with E-state index in [2.05, 4.69) is 10.00 Å². The van der Waals surface area contributed by atoms with E-state index in [9.17, 15) is 9.18 Å². The van der Waals surface area contributed by atoms with E-state index in [1.165, 1.54) is 17.7 Å². The fourth-order valence-corrected chi connectivity index (χ4v) is 3.18. The van der Waals surface area contributed by atoms with Gasteiger partial charge in [0.2, 0.25) is 0 Å². The monoisotopic (exact) mass is 330 g/mol. The highest BCUT2D eigenvalue weighted by Gasteiger charge is 2.21. The van der Waals surface area contributed by atoms with E-state index in [1.807, 2.05) is 24.3 Å². The van der Waals surface area contributed by atoms with Crippen molar-refractivity contribution >= 4 is 5.91 Å². The summed E-state index contributed by atoms with van der Waals surface area (Å²) in [4.78, 5) is 17.0. The Balaban J connectivity index is 1.63. The van der Waals surface area contributed by atoms with Gasteiger partial charge in [-0.3, -0.25) is 14.4 Å². The molecule has 1 aromatic carbocycles. The molecule has 6 heteroatoms.